The van der Waals surface area contributed by atoms with Crippen LogP contribution in [0.4, 0.5) is 0 Å². The number of nitro groups is 2. The summed E-state index contributed by atoms with van der Waals surface area (Å²) < 4.78 is 0. The van der Waals surface area contributed by atoms with Crippen LogP contribution in [-0.4, -0.2) is 21.9 Å². The van der Waals surface area contributed by atoms with Crippen LogP contribution in [0, 0.1) is 25.6 Å². The van der Waals surface area contributed by atoms with Gasteiger partial charge < -0.3 is 0 Å². The summed E-state index contributed by atoms with van der Waals surface area (Å²) in [4.78, 5) is 23.1. The van der Waals surface area contributed by atoms with Crippen molar-refractivity contribution in [2.75, 3.05) is 0 Å². The van der Waals surface area contributed by atoms with Crippen LogP contribution < -0.4 is 5.32 Å². The Kier molecular flexibility index (Phi) is 5.61. The molecule has 0 radical (unpaired) electrons. The highest BCUT2D eigenvalue weighted by Gasteiger charge is 2.63. The van der Waals surface area contributed by atoms with Crippen molar-refractivity contribution < 1.29 is 9.85 Å². The Labute approximate surface area is 171 Å². The SMILES string of the molecule is CC1(C)[C@H]([N+](=O)[O-])[C@H](c2ccccc2Cl)N[C@@H](c2ccccc2Cl)[C@H]1[N+](=O)[O-]. The second-order valence-electron chi connectivity index (χ2n) is 7.45. The molecular formula is C19H19Cl2N3O4. The first-order valence-corrected chi connectivity index (χ1v) is 9.43. The zero-order valence-electron chi connectivity index (χ0n) is 15.2. The van der Waals surface area contributed by atoms with Gasteiger partial charge in [0, 0.05) is 19.9 Å². The lowest BCUT2D eigenvalue weighted by molar-refractivity contribution is -0.605. The number of benzene rings is 2. The van der Waals surface area contributed by atoms with Gasteiger partial charge in [-0.15, -0.1) is 0 Å². The molecule has 0 unspecified atom stereocenters. The predicted octanol–water partition coefficient (Wildman–Crippen LogP) is 4.70. The van der Waals surface area contributed by atoms with Gasteiger partial charge in [0.05, 0.1) is 0 Å². The number of piperidine rings is 1. The van der Waals surface area contributed by atoms with Crippen LogP contribution >= 0.6 is 23.2 Å². The summed E-state index contributed by atoms with van der Waals surface area (Å²) in [6.07, 6.45) is 0. The number of nitrogens with zero attached hydrogens (tertiary/aromatic N) is 2. The number of rotatable bonds is 4. The first-order chi connectivity index (χ1) is 13.2. The molecule has 1 heterocycles. The summed E-state index contributed by atoms with van der Waals surface area (Å²) >= 11 is 12.6. The molecule has 1 aliphatic rings. The minimum atomic E-state index is -1.29. The number of hydrogen-bond acceptors (Lipinski definition) is 5. The van der Waals surface area contributed by atoms with Crippen molar-refractivity contribution in [3.8, 4) is 0 Å². The molecule has 3 rings (SSSR count). The standard InChI is InChI=1S/C19H19Cl2N3O4/c1-19(2)17(23(25)26)15(11-7-3-5-9-13(11)20)22-16(18(19)24(27)28)12-8-4-6-10-14(12)21/h3-10,15-18,22H,1-2H3/t15-,16-,17+,18+/m0/s1. The molecule has 1 N–H and O–H groups in total. The fraction of sp³-hybridized carbons (Fsp3) is 0.368. The molecule has 0 aromatic heterocycles. The van der Waals surface area contributed by atoms with E-state index in [0.717, 1.165) is 0 Å². The molecule has 1 aliphatic heterocycles. The summed E-state index contributed by atoms with van der Waals surface area (Å²) in [5.41, 5.74) is -0.234. The van der Waals surface area contributed by atoms with Crippen molar-refractivity contribution in [3.05, 3.63) is 89.9 Å². The molecule has 0 bridgehead atoms. The van der Waals surface area contributed by atoms with E-state index in [2.05, 4.69) is 5.32 Å². The lowest BCUT2D eigenvalue weighted by atomic mass is 9.66. The van der Waals surface area contributed by atoms with Crippen LogP contribution in [0.5, 0.6) is 0 Å². The minimum absolute atomic E-state index is 0.361. The van der Waals surface area contributed by atoms with Crippen LogP contribution in [0.3, 0.4) is 0 Å². The first kappa shape index (κ1) is 20.5. The quantitative estimate of drug-likeness (QED) is 0.567. The van der Waals surface area contributed by atoms with Gasteiger partial charge in [0.1, 0.15) is 17.5 Å². The van der Waals surface area contributed by atoms with Gasteiger partial charge in [0.25, 0.3) is 0 Å². The molecule has 28 heavy (non-hydrogen) atoms. The fourth-order valence-corrected chi connectivity index (χ4v) is 4.68. The van der Waals surface area contributed by atoms with Crippen LogP contribution in [0.1, 0.15) is 37.1 Å². The third kappa shape index (κ3) is 3.45. The Morgan fingerprint density at radius 2 is 1.18 bits per heavy atom. The van der Waals surface area contributed by atoms with Crippen molar-refractivity contribution in [3.63, 3.8) is 0 Å². The van der Waals surface area contributed by atoms with Gasteiger partial charge in [0.2, 0.25) is 12.1 Å². The topological polar surface area (TPSA) is 98.3 Å². The van der Waals surface area contributed by atoms with Gasteiger partial charge in [-0.1, -0.05) is 59.6 Å². The summed E-state index contributed by atoms with van der Waals surface area (Å²) in [5.74, 6) is 0. The first-order valence-electron chi connectivity index (χ1n) is 8.68. The van der Waals surface area contributed by atoms with Crippen LogP contribution in [0.25, 0.3) is 0 Å². The molecule has 9 heteroatoms. The molecule has 148 valence electrons. The largest absolute Gasteiger partial charge is 0.291 e. The van der Waals surface area contributed by atoms with E-state index >= 15 is 0 Å². The second kappa shape index (κ2) is 7.66. The van der Waals surface area contributed by atoms with Crippen molar-refractivity contribution in [2.24, 2.45) is 5.41 Å². The zero-order chi connectivity index (χ0) is 20.6. The molecule has 7 nitrogen and oxygen atoms in total. The minimum Gasteiger partial charge on any atom is -0.291 e. The second-order valence-corrected chi connectivity index (χ2v) is 8.26. The van der Waals surface area contributed by atoms with E-state index in [1.807, 2.05) is 0 Å². The molecule has 0 spiro atoms. The van der Waals surface area contributed by atoms with E-state index in [9.17, 15) is 20.2 Å². The van der Waals surface area contributed by atoms with Gasteiger partial charge in [-0.05, 0) is 37.1 Å². The fourth-order valence-electron chi connectivity index (χ4n) is 4.17. The van der Waals surface area contributed by atoms with Crippen LogP contribution in [0.2, 0.25) is 10.0 Å². The lowest BCUT2D eigenvalue weighted by Gasteiger charge is -2.44. The molecule has 0 amide bonds. The summed E-state index contributed by atoms with van der Waals surface area (Å²) in [7, 11) is 0. The van der Waals surface area contributed by atoms with E-state index in [1.54, 1.807) is 62.4 Å². The molecule has 0 saturated carbocycles. The zero-order valence-corrected chi connectivity index (χ0v) is 16.7. The monoisotopic (exact) mass is 423 g/mol. The van der Waals surface area contributed by atoms with Crippen molar-refractivity contribution in [1.82, 2.24) is 5.32 Å². The maximum absolute atomic E-state index is 12.0. The Bertz CT molecular complexity index is 850. The number of halogens is 2. The smallest absolute Gasteiger partial charge is 0.244 e. The highest BCUT2D eigenvalue weighted by molar-refractivity contribution is 6.31. The Morgan fingerprint density at radius 1 is 0.821 bits per heavy atom. The molecule has 4 atom stereocenters. The third-order valence-corrected chi connectivity index (χ3v) is 6.14. The molecular weight excluding hydrogens is 405 g/mol. The van der Waals surface area contributed by atoms with E-state index in [4.69, 9.17) is 23.2 Å². The van der Waals surface area contributed by atoms with Gasteiger partial charge >= 0.3 is 0 Å². The van der Waals surface area contributed by atoms with Gasteiger partial charge in [-0.25, -0.2) is 0 Å². The van der Waals surface area contributed by atoms with Gasteiger partial charge in [0.15, 0.2) is 0 Å². The maximum atomic E-state index is 12.0. The average molecular weight is 424 g/mol. The van der Waals surface area contributed by atoms with E-state index in [0.29, 0.717) is 21.2 Å². The van der Waals surface area contributed by atoms with Crippen LogP contribution in [0.15, 0.2) is 48.5 Å². The summed E-state index contributed by atoms with van der Waals surface area (Å²) in [6, 6.07) is 9.44. The van der Waals surface area contributed by atoms with Gasteiger partial charge in [-0.2, -0.15) is 0 Å². The van der Waals surface area contributed by atoms with E-state index in [1.165, 1.54) is 0 Å². The lowest BCUT2D eigenvalue weighted by Crippen LogP contribution is -2.63. The van der Waals surface area contributed by atoms with Gasteiger partial charge in [-0.3, -0.25) is 25.5 Å². The van der Waals surface area contributed by atoms with Crippen LogP contribution in [-0.2, 0) is 0 Å². The highest BCUT2D eigenvalue weighted by atomic mass is 35.5. The molecule has 2 aromatic carbocycles. The van der Waals surface area contributed by atoms with Crippen molar-refractivity contribution in [2.45, 2.75) is 38.0 Å². The Hall–Kier alpha value is -2.22. The summed E-state index contributed by atoms with van der Waals surface area (Å²) in [6.45, 7) is 3.12. The highest BCUT2D eigenvalue weighted by Crippen LogP contribution is 2.48. The molecule has 0 aliphatic carbocycles. The Balaban J connectivity index is 2.21. The molecule has 1 saturated heterocycles. The average Bonchev–Trinajstić information content (AvgIpc) is 2.60. The third-order valence-electron chi connectivity index (χ3n) is 5.45. The normalized spacial score (nSPS) is 26.6. The number of nitrogens with one attached hydrogen (secondary N) is 1. The van der Waals surface area contributed by atoms with Crippen molar-refractivity contribution >= 4 is 23.2 Å². The van der Waals surface area contributed by atoms with Crippen molar-refractivity contribution in [1.29, 1.82) is 0 Å². The predicted molar refractivity (Wildman–Crippen MR) is 107 cm³/mol. The molecule has 1 fully saturated rings. The molecule has 2 aromatic rings. The van der Waals surface area contributed by atoms with E-state index in [-0.39, 0.29) is 0 Å². The number of hydrogen-bond donors (Lipinski definition) is 1. The Morgan fingerprint density at radius 3 is 1.50 bits per heavy atom. The van der Waals surface area contributed by atoms with E-state index < -0.39 is 39.4 Å². The maximum Gasteiger partial charge on any atom is 0.244 e. The summed E-state index contributed by atoms with van der Waals surface area (Å²) in [5, 5.41) is 27.9.